The van der Waals surface area contributed by atoms with Gasteiger partial charge in [0.2, 0.25) is 15.9 Å². The highest BCUT2D eigenvalue weighted by Gasteiger charge is 2.33. The zero-order chi connectivity index (χ0) is 21.0. The Balaban J connectivity index is 1.75. The first-order valence-electron chi connectivity index (χ1n) is 9.31. The van der Waals surface area contributed by atoms with Gasteiger partial charge in [-0.1, -0.05) is 35.3 Å². The van der Waals surface area contributed by atoms with E-state index in [1.54, 1.807) is 30.3 Å². The van der Waals surface area contributed by atoms with E-state index >= 15 is 0 Å². The average Bonchev–Trinajstić information content (AvgIpc) is 2.71. The van der Waals surface area contributed by atoms with Gasteiger partial charge in [-0.3, -0.25) is 4.79 Å². The molecular weight excluding hydrogens is 435 g/mol. The van der Waals surface area contributed by atoms with Crippen molar-refractivity contribution in [3.63, 3.8) is 0 Å². The highest BCUT2D eigenvalue weighted by molar-refractivity contribution is 7.89. The van der Waals surface area contributed by atoms with E-state index in [0.717, 1.165) is 0 Å². The monoisotopic (exact) mass is 456 g/mol. The van der Waals surface area contributed by atoms with Crippen LogP contribution in [0.5, 0.6) is 5.75 Å². The van der Waals surface area contributed by atoms with Crippen LogP contribution in [0.3, 0.4) is 0 Å². The molecule has 9 heteroatoms. The van der Waals surface area contributed by atoms with Gasteiger partial charge in [0.1, 0.15) is 5.75 Å². The molecule has 0 bridgehead atoms. The molecule has 1 heterocycles. The molecule has 0 saturated carbocycles. The molecule has 0 aromatic heterocycles. The molecule has 1 N–H and O–H groups in total. The standard InChI is InChI=1S/C20H22Cl2N2O4S/c1-2-28-19-10-9-15(12-17(19)22)29(26,27)24-11-5-6-14(13-24)20(25)23-18-8-4-3-7-16(18)21/h3-4,7-10,12,14H,2,5-6,11,13H2,1H3,(H,23,25)/t14-/m1/s1. The van der Waals surface area contributed by atoms with Crippen molar-refractivity contribution in [3.05, 3.63) is 52.5 Å². The number of hydrogen-bond acceptors (Lipinski definition) is 4. The SMILES string of the molecule is CCOc1ccc(S(=O)(=O)N2CCC[C@@H](C(=O)Nc3ccccc3Cl)C2)cc1Cl. The van der Waals surface area contributed by atoms with Crippen molar-refractivity contribution in [2.45, 2.75) is 24.7 Å². The van der Waals surface area contributed by atoms with Crippen molar-refractivity contribution < 1.29 is 17.9 Å². The predicted octanol–water partition coefficient (Wildman–Crippen LogP) is 4.43. The summed E-state index contributed by atoms with van der Waals surface area (Å²) in [5, 5.41) is 3.46. The summed E-state index contributed by atoms with van der Waals surface area (Å²) in [6.45, 7) is 2.70. The molecule has 6 nitrogen and oxygen atoms in total. The summed E-state index contributed by atoms with van der Waals surface area (Å²) in [7, 11) is -3.78. The number of anilines is 1. The molecule has 1 saturated heterocycles. The molecule has 0 spiro atoms. The van der Waals surface area contributed by atoms with Crippen LogP contribution in [-0.2, 0) is 14.8 Å². The number of ether oxygens (including phenoxy) is 1. The van der Waals surface area contributed by atoms with Crippen molar-refractivity contribution in [2.75, 3.05) is 25.0 Å². The molecule has 1 atom stereocenters. The quantitative estimate of drug-likeness (QED) is 0.697. The van der Waals surface area contributed by atoms with Gasteiger partial charge in [-0.25, -0.2) is 8.42 Å². The minimum atomic E-state index is -3.78. The number of sulfonamides is 1. The molecule has 1 aliphatic rings. The van der Waals surface area contributed by atoms with Crippen LogP contribution in [-0.4, -0.2) is 38.3 Å². The lowest BCUT2D eigenvalue weighted by atomic mass is 9.99. The number of hydrogen-bond donors (Lipinski definition) is 1. The van der Waals surface area contributed by atoms with E-state index in [1.807, 2.05) is 6.92 Å². The normalized spacial score (nSPS) is 17.7. The van der Waals surface area contributed by atoms with Crippen molar-refractivity contribution in [1.29, 1.82) is 0 Å². The molecule has 0 unspecified atom stereocenters. The average molecular weight is 457 g/mol. The Morgan fingerprint density at radius 3 is 2.66 bits per heavy atom. The number of halogens is 2. The van der Waals surface area contributed by atoms with Crippen molar-refractivity contribution in [3.8, 4) is 5.75 Å². The number of rotatable bonds is 6. The third-order valence-electron chi connectivity index (χ3n) is 4.73. The number of carbonyl (C=O) groups excluding carboxylic acids is 1. The van der Waals surface area contributed by atoms with Crippen LogP contribution >= 0.6 is 23.2 Å². The Labute approximate surface area is 180 Å². The van der Waals surface area contributed by atoms with Crippen LogP contribution in [0.1, 0.15) is 19.8 Å². The molecule has 1 aliphatic heterocycles. The van der Waals surface area contributed by atoms with Crippen LogP contribution in [0.4, 0.5) is 5.69 Å². The Hall–Kier alpha value is -1.80. The minimum Gasteiger partial charge on any atom is -0.492 e. The fraction of sp³-hybridized carbons (Fsp3) is 0.350. The number of benzene rings is 2. The first kappa shape index (κ1) is 21.9. The maximum Gasteiger partial charge on any atom is 0.243 e. The summed E-state index contributed by atoms with van der Waals surface area (Å²) in [6, 6.07) is 11.3. The zero-order valence-corrected chi connectivity index (χ0v) is 18.2. The number of para-hydroxylation sites is 1. The molecule has 2 aromatic carbocycles. The van der Waals surface area contributed by atoms with Gasteiger partial charge in [0.25, 0.3) is 0 Å². The molecule has 0 radical (unpaired) electrons. The molecule has 156 valence electrons. The van der Waals surface area contributed by atoms with Crippen LogP contribution in [0.15, 0.2) is 47.4 Å². The summed E-state index contributed by atoms with van der Waals surface area (Å²) < 4.78 is 32.8. The summed E-state index contributed by atoms with van der Waals surface area (Å²) in [4.78, 5) is 12.8. The number of carbonyl (C=O) groups is 1. The van der Waals surface area contributed by atoms with Crippen molar-refractivity contribution in [1.82, 2.24) is 4.31 Å². The minimum absolute atomic E-state index is 0.0816. The summed E-state index contributed by atoms with van der Waals surface area (Å²) in [5.74, 6) is -0.278. The molecular formula is C20H22Cl2N2O4S. The predicted molar refractivity (Wildman–Crippen MR) is 114 cm³/mol. The Morgan fingerprint density at radius 2 is 1.97 bits per heavy atom. The van der Waals surface area contributed by atoms with Gasteiger partial charge in [0.05, 0.1) is 33.2 Å². The lowest BCUT2D eigenvalue weighted by molar-refractivity contribution is -0.120. The molecule has 2 aromatic rings. The fourth-order valence-electron chi connectivity index (χ4n) is 3.24. The highest BCUT2D eigenvalue weighted by Crippen LogP contribution is 2.31. The van der Waals surface area contributed by atoms with E-state index in [2.05, 4.69) is 5.32 Å². The second-order valence-electron chi connectivity index (χ2n) is 6.70. The lowest BCUT2D eigenvalue weighted by Gasteiger charge is -2.31. The van der Waals surface area contributed by atoms with E-state index in [1.165, 1.54) is 16.4 Å². The Morgan fingerprint density at radius 1 is 1.21 bits per heavy atom. The summed E-state index contributed by atoms with van der Waals surface area (Å²) >= 11 is 12.2. The van der Waals surface area contributed by atoms with Gasteiger partial charge in [0, 0.05) is 13.1 Å². The van der Waals surface area contributed by atoms with Crippen molar-refractivity contribution in [2.24, 2.45) is 5.92 Å². The fourth-order valence-corrected chi connectivity index (χ4v) is 5.27. The van der Waals surface area contributed by atoms with E-state index in [0.29, 0.717) is 42.5 Å². The van der Waals surface area contributed by atoms with E-state index in [9.17, 15) is 13.2 Å². The third-order valence-corrected chi connectivity index (χ3v) is 7.21. The van der Waals surface area contributed by atoms with E-state index in [4.69, 9.17) is 27.9 Å². The van der Waals surface area contributed by atoms with Gasteiger partial charge in [-0.2, -0.15) is 4.31 Å². The second kappa shape index (κ2) is 9.34. The maximum atomic E-state index is 13.1. The summed E-state index contributed by atoms with van der Waals surface area (Å²) in [5.41, 5.74) is 0.512. The lowest BCUT2D eigenvalue weighted by Crippen LogP contribution is -2.43. The number of amides is 1. The highest BCUT2D eigenvalue weighted by atomic mass is 35.5. The third kappa shape index (κ3) is 5.04. The number of nitrogens with one attached hydrogen (secondary N) is 1. The Bertz CT molecular complexity index is 998. The smallest absolute Gasteiger partial charge is 0.243 e. The zero-order valence-electron chi connectivity index (χ0n) is 15.9. The molecule has 29 heavy (non-hydrogen) atoms. The van der Waals surface area contributed by atoms with E-state index < -0.39 is 15.9 Å². The topological polar surface area (TPSA) is 75.7 Å². The van der Waals surface area contributed by atoms with Crippen LogP contribution in [0.2, 0.25) is 10.0 Å². The second-order valence-corrected chi connectivity index (χ2v) is 9.45. The number of piperidine rings is 1. The van der Waals surface area contributed by atoms with Gasteiger partial charge < -0.3 is 10.1 Å². The largest absolute Gasteiger partial charge is 0.492 e. The van der Waals surface area contributed by atoms with Crippen LogP contribution < -0.4 is 10.1 Å². The van der Waals surface area contributed by atoms with Gasteiger partial charge in [-0.05, 0) is 50.1 Å². The molecule has 0 aliphatic carbocycles. The number of nitrogens with zero attached hydrogens (tertiary/aromatic N) is 1. The van der Waals surface area contributed by atoms with Gasteiger partial charge in [-0.15, -0.1) is 0 Å². The van der Waals surface area contributed by atoms with Crippen LogP contribution in [0.25, 0.3) is 0 Å². The first-order chi connectivity index (χ1) is 13.8. The van der Waals surface area contributed by atoms with Crippen molar-refractivity contribution >= 4 is 44.8 Å². The maximum absolute atomic E-state index is 13.1. The van der Waals surface area contributed by atoms with Gasteiger partial charge in [0.15, 0.2) is 0 Å². The summed E-state index contributed by atoms with van der Waals surface area (Å²) in [6.07, 6.45) is 1.19. The molecule has 1 fully saturated rings. The van der Waals surface area contributed by atoms with E-state index in [-0.39, 0.29) is 22.4 Å². The molecule has 1 amide bonds. The van der Waals surface area contributed by atoms with Crippen LogP contribution in [0, 0.1) is 5.92 Å². The van der Waals surface area contributed by atoms with Gasteiger partial charge >= 0.3 is 0 Å². The molecule has 3 rings (SSSR count). The Kier molecular flexibility index (Phi) is 7.05. The first-order valence-corrected chi connectivity index (χ1v) is 11.5.